The lowest BCUT2D eigenvalue weighted by Gasteiger charge is -2.13. The van der Waals surface area contributed by atoms with Crippen molar-refractivity contribution in [1.82, 2.24) is 0 Å². The van der Waals surface area contributed by atoms with E-state index >= 15 is 0 Å². The molecule has 0 fully saturated rings. The number of hydrogen-bond donors (Lipinski definition) is 4. The van der Waals surface area contributed by atoms with Crippen molar-refractivity contribution in [3.63, 3.8) is 0 Å². The van der Waals surface area contributed by atoms with Gasteiger partial charge < -0.3 is 21.1 Å². The first-order valence-electron chi connectivity index (χ1n) is 4.12. The van der Waals surface area contributed by atoms with Crippen LogP contribution in [-0.4, -0.2) is 27.8 Å². The molecule has 0 amide bonds. The summed E-state index contributed by atoms with van der Waals surface area (Å²) in [6, 6.07) is 2.86. The van der Waals surface area contributed by atoms with Crippen LogP contribution in [-0.2, 0) is 4.79 Å². The molecule has 1 aromatic carbocycles. The summed E-state index contributed by atoms with van der Waals surface area (Å²) in [5.74, 6) is -3.01. The van der Waals surface area contributed by atoms with Gasteiger partial charge in [-0.2, -0.15) is 0 Å². The number of carboxylic acids is 1. The molecule has 1 rings (SSSR count). The van der Waals surface area contributed by atoms with Crippen molar-refractivity contribution in [3.05, 3.63) is 22.2 Å². The van der Waals surface area contributed by atoms with Gasteiger partial charge in [0.2, 0.25) is 0 Å². The predicted molar refractivity (Wildman–Crippen MR) is 56.9 cm³/mol. The van der Waals surface area contributed by atoms with E-state index in [0.717, 1.165) is 0 Å². The third-order valence-corrected chi connectivity index (χ3v) is 2.68. The Balaban J connectivity index is 3.25. The highest BCUT2D eigenvalue weighted by Crippen LogP contribution is 2.39. The van der Waals surface area contributed by atoms with Crippen LogP contribution in [0.25, 0.3) is 0 Å². The van der Waals surface area contributed by atoms with E-state index in [1.807, 2.05) is 0 Å². The monoisotopic (exact) mass is 275 g/mol. The summed E-state index contributed by atoms with van der Waals surface area (Å²) in [5, 5.41) is 27.7. The minimum absolute atomic E-state index is 0.103. The van der Waals surface area contributed by atoms with E-state index in [1.54, 1.807) is 0 Å². The molecule has 0 saturated heterocycles. The van der Waals surface area contributed by atoms with Crippen LogP contribution in [0.4, 0.5) is 0 Å². The lowest BCUT2D eigenvalue weighted by molar-refractivity contribution is -0.138. The second kappa shape index (κ2) is 4.50. The number of aromatic hydroxyl groups is 2. The first-order valence-corrected chi connectivity index (χ1v) is 4.91. The largest absolute Gasteiger partial charge is 0.504 e. The fourth-order valence-corrected chi connectivity index (χ4v) is 1.53. The quantitative estimate of drug-likeness (QED) is 0.616. The Labute approximate surface area is 94.3 Å². The van der Waals surface area contributed by atoms with E-state index in [-0.39, 0.29) is 17.9 Å². The maximum absolute atomic E-state index is 10.8. The molecular formula is C9H10BrNO4. The van der Waals surface area contributed by atoms with Gasteiger partial charge in [0.05, 0.1) is 10.4 Å². The first kappa shape index (κ1) is 11.8. The van der Waals surface area contributed by atoms with Gasteiger partial charge in [-0.25, -0.2) is 0 Å². The normalized spacial score (nSPS) is 12.4. The van der Waals surface area contributed by atoms with Crippen LogP contribution in [0, 0.1) is 0 Å². The summed E-state index contributed by atoms with van der Waals surface area (Å²) in [4.78, 5) is 10.8. The maximum atomic E-state index is 10.8. The fourth-order valence-electron chi connectivity index (χ4n) is 1.21. The van der Waals surface area contributed by atoms with Crippen molar-refractivity contribution < 1.29 is 20.1 Å². The van der Waals surface area contributed by atoms with Gasteiger partial charge >= 0.3 is 5.97 Å². The summed E-state index contributed by atoms with van der Waals surface area (Å²) < 4.78 is 0.296. The molecule has 0 heterocycles. The molecule has 1 atom stereocenters. The minimum Gasteiger partial charge on any atom is -0.504 e. The minimum atomic E-state index is -1.14. The molecule has 15 heavy (non-hydrogen) atoms. The molecule has 82 valence electrons. The number of nitrogens with two attached hydrogens (primary N) is 1. The highest BCUT2D eigenvalue weighted by molar-refractivity contribution is 9.10. The fraction of sp³-hybridized carbons (Fsp3) is 0.222. The van der Waals surface area contributed by atoms with Crippen LogP contribution in [0.3, 0.4) is 0 Å². The molecule has 5 N–H and O–H groups in total. The van der Waals surface area contributed by atoms with Gasteiger partial charge in [-0.3, -0.25) is 4.79 Å². The number of benzene rings is 1. The molecule has 0 radical (unpaired) electrons. The predicted octanol–water partition coefficient (Wildman–Crippen LogP) is 0.987. The Kier molecular flexibility index (Phi) is 3.54. The van der Waals surface area contributed by atoms with Crippen molar-refractivity contribution in [3.8, 4) is 11.5 Å². The molecule has 0 aliphatic carbocycles. The molecule has 6 heteroatoms. The maximum Gasteiger partial charge on any atom is 0.312 e. The van der Waals surface area contributed by atoms with E-state index in [0.29, 0.717) is 4.47 Å². The van der Waals surface area contributed by atoms with Crippen LogP contribution < -0.4 is 5.73 Å². The highest BCUT2D eigenvalue weighted by atomic mass is 79.9. The number of carbonyl (C=O) groups is 1. The third kappa shape index (κ3) is 2.21. The Hall–Kier alpha value is -1.27. The molecule has 0 aliphatic rings. The third-order valence-electron chi connectivity index (χ3n) is 2.04. The zero-order valence-corrected chi connectivity index (χ0v) is 9.23. The number of carboxylic acid groups (broad SMARTS) is 1. The molecular weight excluding hydrogens is 266 g/mol. The molecule has 0 aliphatic heterocycles. The zero-order valence-electron chi connectivity index (χ0n) is 7.64. The van der Waals surface area contributed by atoms with Crippen molar-refractivity contribution in [2.24, 2.45) is 5.73 Å². The summed E-state index contributed by atoms with van der Waals surface area (Å²) in [6.07, 6.45) is 0. The second-order valence-corrected chi connectivity index (χ2v) is 3.81. The summed E-state index contributed by atoms with van der Waals surface area (Å²) >= 11 is 3.00. The van der Waals surface area contributed by atoms with Gasteiger partial charge in [0.15, 0.2) is 11.5 Å². The van der Waals surface area contributed by atoms with E-state index in [4.69, 9.17) is 10.8 Å². The number of rotatable bonds is 3. The molecule has 5 nitrogen and oxygen atoms in total. The number of halogens is 1. The SMILES string of the molecule is NCC(C(=O)O)c1ccc(Br)c(O)c1O. The van der Waals surface area contributed by atoms with Gasteiger partial charge in [0.1, 0.15) is 0 Å². The topological polar surface area (TPSA) is 104 Å². The van der Waals surface area contributed by atoms with Crippen molar-refractivity contribution >= 4 is 21.9 Å². The van der Waals surface area contributed by atoms with E-state index < -0.39 is 17.6 Å². The van der Waals surface area contributed by atoms with Crippen LogP contribution in [0.5, 0.6) is 11.5 Å². The molecule has 0 bridgehead atoms. The molecule has 0 spiro atoms. The standard InChI is InChI=1S/C9H10BrNO4/c10-6-2-1-4(7(12)8(6)13)5(3-11)9(14)15/h1-2,5,12-13H,3,11H2,(H,14,15). The lowest BCUT2D eigenvalue weighted by atomic mass is 9.98. The molecule has 1 aromatic rings. The average molecular weight is 276 g/mol. The van der Waals surface area contributed by atoms with Gasteiger partial charge in [-0.1, -0.05) is 6.07 Å². The zero-order chi connectivity index (χ0) is 11.6. The van der Waals surface area contributed by atoms with Crippen LogP contribution >= 0.6 is 15.9 Å². The Bertz CT molecular complexity index is 394. The Morgan fingerprint density at radius 1 is 1.40 bits per heavy atom. The summed E-state index contributed by atoms with van der Waals surface area (Å²) in [6.45, 7) is -0.149. The van der Waals surface area contributed by atoms with Gasteiger partial charge in [-0.15, -0.1) is 0 Å². The van der Waals surface area contributed by atoms with Crippen molar-refractivity contribution in [1.29, 1.82) is 0 Å². The Morgan fingerprint density at radius 3 is 2.47 bits per heavy atom. The number of hydrogen-bond acceptors (Lipinski definition) is 4. The number of aliphatic carboxylic acids is 1. The van der Waals surface area contributed by atoms with E-state index in [9.17, 15) is 15.0 Å². The van der Waals surface area contributed by atoms with Gasteiger partial charge in [-0.05, 0) is 22.0 Å². The lowest BCUT2D eigenvalue weighted by Crippen LogP contribution is -2.21. The number of phenolic OH excluding ortho intramolecular Hbond substituents is 2. The second-order valence-electron chi connectivity index (χ2n) is 2.96. The van der Waals surface area contributed by atoms with Crippen molar-refractivity contribution in [2.75, 3.05) is 6.54 Å². The van der Waals surface area contributed by atoms with Gasteiger partial charge in [0, 0.05) is 12.1 Å². The molecule has 0 saturated carbocycles. The smallest absolute Gasteiger partial charge is 0.312 e. The number of phenols is 2. The average Bonchev–Trinajstić information content (AvgIpc) is 2.18. The van der Waals surface area contributed by atoms with E-state index in [1.165, 1.54) is 12.1 Å². The highest BCUT2D eigenvalue weighted by Gasteiger charge is 2.23. The first-order chi connectivity index (χ1) is 6.99. The van der Waals surface area contributed by atoms with E-state index in [2.05, 4.69) is 15.9 Å². The molecule has 0 aromatic heterocycles. The van der Waals surface area contributed by atoms with Crippen LogP contribution in [0.1, 0.15) is 11.5 Å². The molecule has 1 unspecified atom stereocenters. The summed E-state index contributed by atoms with van der Waals surface area (Å²) in [7, 11) is 0. The van der Waals surface area contributed by atoms with Crippen LogP contribution in [0.15, 0.2) is 16.6 Å². The van der Waals surface area contributed by atoms with Crippen LogP contribution in [0.2, 0.25) is 0 Å². The summed E-state index contributed by atoms with van der Waals surface area (Å²) in [5.41, 5.74) is 5.38. The Morgan fingerprint density at radius 2 is 2.00 bits per heavy atom. The van der Waals surface area contributed by atoms with Gasteiger partial charge in [0.25, 0.3) is 0 Å². The van der Waals surface area contributed by atoms with Crippen molar-refractivity contribution in [2.45, 2.75) is 5.92 Å².